The number of anilines is 4. The molecule has 17 nitrogen and oxygen atoms in total. The van der Waals surface area contributed by atoms with Crippen molar-refractivity contribution in [2.75, 3.05) is 10.6 Å². The number of benzene rings is 4. The molecular formula is C25H15ClN7Na3O10S3. The molecular weight excluding hydrogens is 759 g/mol. The molecule has 1 aromatic heterocycles. The minimum atomic E-state index is -5.09. The molecule has 1 heterocycles. The summed E-state index contributed by atoms with van der Waals surface area (Å²) in [4.78, 5) is 10.5. The minimum absolute atomic E-state index is 0. The van der Waals surface area contributed by atoms with E-state index in [2.05, 4.69) is 45.2 Å². The third kappa shape index (κ3) is 11.2. The van der Waals surface area contributed by atoms with Crippen molar-refractivity contribution in [3.05, 3.63) is 78.1 Å². The molecule has 24 heteroatoms. The number of para-hydroxylation sites is 1. The Morgan fingerprint density at radius 2 is 1.45 bits per heavy atom. The Bertz CT molecular complexity index is 2210. The van der Waals surface area contributed by atoms with Crippen LogP contribution in [0.4, 0.5) is 34.6 Å². The Morgan fingerprint density at radius 1 is 0.816 bits per heavy atom. The van der Waals surface area contributed by atoms with Gasteiger partial charge in [-0.15, -0.1) is 10.2 Å². The topological polar surface area (TPSA) is 264 Å². The zero-order valence-corrected chi connectivity index (χ0v) is 34.6. The third-order valence-electron chi connectivity index (χ3n) is 5.84. The quantitative estimate of drug-likeness (QED) is 0.0285. The van der Waals surface area contributed by atoms with Crippen molar-refractivity contribution >= 4 is 89.3 Å². The van der Waals surface area contributed by atoms with Gasteiger partial charge in [-0.05, 0) is 59.5 Å². The molecule has 0 aliphatic heterocycles. The van der Waals surface area contributed by atoms with Gasteiger partial charge in [0, 0.05) is 11.1 Å². The second-order valence-corrected chi connectivity index (χ2v) is 12.6. The molecule has 0 aliphatic rings. The molecule has 4 aromatic carbocycles. The minimum Gasteiger partial charge on any atom is -0.744 e. The molecule has 0 fully saturated rings. The SMILES string of the molecule is O=S(=O)([O-])c1cc(Nc2nc(Cl)nc(Nc3ccccc3)n2)c2c(O)c(N=Nc3ccccc3S(=O)(=O)[O-])c(SOO[O-])cc2c1.[Na+].[Na+].[Na+]. The first-order valence-corrected chi connectivity index (χ1v) is 16.2. The molecule has 5 aromatic rings. The van der Waals surface area contributed by atoms with Gasteiger partial charge < -0.3 is 30.1 Å². The van der Waals surface area contributed by atoms with Gasteiger partial charge in [0.15, 0.2) is 5.75 Å². The van der Waals surface area contributed by atoms with Crippen LogP contribution in [-0.4, -0.2) is 46.0 Å². The van der Waals surface area contributed by atoms with E-state index in [1.54, 1.807) is 30.3 Å². The van der Waals surface area contributed by atoms with Gasteiger partial charge in [-0.1, -0.05) is 30.3 Å². The monoisotopic (exact) mass is 773 g/mol. The van der Waals surface area contributed by atoms with Crippen LogP contribution in [0.2, 0.25) is 5.28 Å². The number of phenols is 1. The van der Waals surface area contributed by atoms with E-state index in [4.69, 9.17) is 11.6 Å². The average molecular weight is 774 g/mol. The van der Waals surface area contributed by atoms with Crippen LogP contribution in [0.15, 0.2) is 97.7 Å². The number of nitrogens with one attached hydrogen (secondary N) is 2. The molecule has 0 amide bonds. The molecule has 0 unspecified atom stereocenters. The molecule has 5 rings (SSSR count). The molecule has 0 atom stereocenters. The van der Waals surface area contributed by atoms with Crippen LogP contribution < -0.4 is 105 Å². The van der Waals surface area contributed by atoms with Crippen LogP contribution in [-0.2, 0) is 29.6 Å². The fourth-order valence-corrected chi connectivity index (χ4v) is 5.80. The normalized spacial score (nSPS) is 11.3. The summed E-state index contributed by atoms with van der Waals surface area (Å²) in [5.41, 5.74) is -0.491. The van der Waals surface area contributed by atoms with Crippen molar-refractivity contribution in [1.29, 1.82) is 0 Å². The summed E-state index contributed by atoms with van der Waals surface area (Å²) >= 11 is 6.30. The maximum atomic E-state index is 12.1. The number of rotatable bonds is 11. The summed E-state index contributed by atoms with van der Waals surface area (Å²) in [6.07, 6.45) is 0. The predicted molar refractivity (Wildman–Crippen MR) is 158 cm³/mol. The van der Waals surface area contributed by atoms with Crippen LogP contribution >= 0.6 is 23.6 Å². The molecule has 0 bridgehead atoms. The van der Waals surface area contributed by atoms with E-state index in [1.807, 2.05) is 0 Å². The van der Waals surface area contributed by atoms with Crippen molar-refractivity contribution < 1.29 is 134 Å². The van der Waals surface area contributed by atoms with Crippen molar-refractivity contribution in [1.82, 2.24) is 15.0 Å². The number of aromatic hydroxyl groups is 1. The Kier molecular flexibility index (Phi) is 16.8. The van der Waals surface area contributed by atoms with Crippen LogP contribution in [0.5, 0.6) is 5.75 Å². The zero-order chi connectivity index (χ0) is 33.1. The van der Waals surface area contributed by atoms with Crippen molar-refractivity contribution in [2.45, 2.75) is 14.7 Å². The molecule has 3 N–H and O–H groups in total. The Balaban J connectivity index is 0.00000278. The van der Waals surface area contributed by atoms with Crippen molar-refractivity contribution in [2.24, 2.45) is 10.2 Å². The van der Waals surface area contributed by atoms with Crippen LogP contribution in [0.25, 0.3) is 10.8 Å². The van der Waals surface area contributed by atoms with Crippen molar-refractivity contribution in [3.8, 4) is 5.75 Å². The van der Waals surface area contributed by atoms with Gasteiger partial charge in [-0.2, -0.15) is 19.3 Å². The first-order valence-electron chi connectivity index (χ1n) is 12.2. The Labute approximate surface area is 353 Å². The fourth-order valence-electron chi connectivity index (χ4n) is 4.00. The first-order chi connectivity index (χ1) is 21.8. The van der Waals surface area contributed by atoms with Crippen LogP contribution in [0.3, 0.4) is 0 Å². The largest absolute Gasteiger partial charge is 1.00 e. The summed E-state index contributed by atoms with van der Waals surface area (Å²) < 4.78 is 75.6. The number of phenolic OH excluding ortho intramolecular Hbond substituents is 1. The van der Waals surface area contributed by atoms with E-state index in [0.717, 1.165) is 24.3 Å². The van der Waals surface area contributed by atoms with Gasteiger partial charge in [0.05, 0.1) is 32.4 Å². The zero-order valence-electron chi connectivity index (χ0n) is 25.4. The van der Waals surface area contributed by atoms with Gasteiger partial charge in [-0.3, -0.25) is 5.04 Å². The van der Waals surface area contributed by atoms with Gasteiger partial charge >= 0.3 is 88.7 Å². The van der Waals surface area contributed by atoms with E-state index in [1.165, 1.54) is 18.2 Å². The maximum Gasteiger partial charge on any atom is 1.00 e. The standard InChI is InChI=1S/C25H18ClN7O10S3.3Na/c26-23-29-24(27-14-6-2-1-3-7-14)31-25(30-23)28-17-12-15(45(36,37)38)10-13-11-18(44-43-42-35)21(22(34)20(13)17)33-32-16-8-4-5-9-19(16)46(39,40)41;;;/h1-12,34-35H,(H,36,37,38)(H,39,40,41)(H2,27,28,29,30,31);;;/q;3*+1/p-3. The molecule has 0 aliphatic carbocycles. The number of fused-ring (bicyclic) bond motifs is 1. The van der Waals surface area contributed by atoms with E-state index < -0.39 is 47.2 Å². The van der Waals surface area contributed by atoms with E-state index >= 15 is 0 Å². The summed E-state index contributed by atoms with van der Waals surface area (Å²) in [6, 6.07) is 16.5. The molecule has 0 saturated carbocycles. The maximum absolute atomic E-state index is 12.1. The first kappa shape index (κ1) is 43.7. The number of hydrogen-bond donors (Lipinski definition) is 3. The van der Waals surface area contributed by atoms with Crippen LogP contribution in [0.1, 0.15) is 0 Å². The third-order valence-corrected chi connectivity index (χ3v) is 8.32. The second-order valence-electron chi connectivity index (χ2n) is 8.80. The van der Waals surface area contributed by atoms with Gasteiger partial charge in [0.25, 0.3) is 0 Å². The number of halogens is 1. The second kappa shape index (κ2) is 18.8. The van der Waals surface area contributed by atoms with E-state index in [9.17, 15) is 36.3 Å². The molecule has 0 spiro atoms. The average Bonchev–Trinajstić information content (AvgIpc) is 2.99. The molecule has 0 saturated heterocycles. The van der Waals surface area contributed by atoms with E-state index in [0.29, 0.717) is 5.69 Å². The Hall–Kier alpha value is -1.51. The molecule has 238 valence electrons. The molecule has 49 heavy (non-hydrogen) atoms. The number of aromatic nitrogens is 3. The summed E-state index contributed by atoms with van der Waals surface area (Å²) in [5, 5.41) is 38.1. The number of azo groups is 1. The summed E-state index contributed by atoms with van der Waals surface area (Å²) in [6.45, 7) is 0. The smallest absolute Gasteiger partial charge is 0.744 e. The summed E-state index contributed by atoms with van der Waals surface area (Å²) in [5.74, 6) is -1.01. The Morgan fingerprint density at radius 3 is 2.08 bits per heavy atom. The summed E-state index contributed by atoms with van der Waals surface area (Å²) in [7, 11) is -10.1. The van der Waals surface area contributed by atoms with Gasteiger partial charge in [0.1, 0.15) is 31.6 Å². The van der Waals surface area contributed by atoms with Crippen molar-refractivity contribution in [3.63, 3.8) is 0 Å². The molecule has 0 radical (unpaired) electrons. The number of nitrogens with zero attached hydrogens (tertiary/aromatic N) is 5. The fraction of sp³-hybridized carbons (Fsp3) is 0. The van der Waals surface area contributed by atoms with E-state index in [-0.39, 0.29) is 139 Å². The number of hydrogen-bond acceptors (Lipinski definition) is 18. The van der Waals surface area contributed by atoms with Gasteiger partial charge in [0.2, 0.25) is 17.2 Å². The predicted octanol–water partition coefficient (Wildman–Crippen LogP) is -4.66. The van der Waals surface area contributed by atoms with Crippen LogP contribution in [0, 0.1) is 0 Å². The van der Waals surface area contributed by atoms with Gasteiger partial charge in [-0.25, -0.2) is 16.8 Å².